The van der Waals surface area contributed by atoms with Crippen molar-refractivity contribution in [3.05, 3.63) is 61.4 Å². The second-order valence-corrected chi connectivity index (χ2v) is 4.38. The van der Waals surface area contributed by atoms with Crippen LogP contribution in [0.4, 0.5) is 0 Å². The fourth-order valence-corrected chi connectivity index (χ4v) is 2.16. The maximum atomic E-state index is 5.10. The van der Waals surface area contributed by atoms with E-state index in [1.165, 1.54) is 0 Å². The zero-order chi connectivity index (χ0) is 13.4. The lowest BCUT2D eigenvalue weighted by Crippen LogP contribution is -1.96. The van der Waals surface area contributed by atoms with Gasteiger partial charge >= 0.3 is 0 Å². The molecule has 0 spiro atoms. The first-order valence-corrected chi connectivity index (χ1v) is 6.19. The molecule has 5 nitrogen and oxygen atoms in total. The number of nitrogens with zero attached hydrogens (tertiary/aromatic N) is 4. The smallest absolute Gasteiger partial charge is 0.154 e. The highest BCUT2D eigenvalue weighted by Crippen LogP contribution is 2.22. The second kappa shape index (κ2) is 4.31. The standard InChI is InChI=1S/C15H10N4O/c1-2-15-17-9-14(11-3-6-16-7-4-11)19(15)18-13(1)12-5-8-20-10-12/h1-10H. The van der Waals surface area contributed by atoms with E-state index < -0.39 is 0 Å². The summed E-state index contributed by atoms with van der Waals surface area (Å²) in [7, 11) is 0. The van der Waals surface area contributed by atoms with Gasteiger partial charge in [0.1, 0.15) is 0 Å². The first kappa shape index (κ1) is 10.9. The largest absolute Gasteiger partial charge is 0.472 e. The van der Waals surface area contributed by atoms with Crippen molar-refractivity contribution in [2.75, 3.05) is 0 Å². The van der Waals surface area contributed by atoms with E-state index in [1.54, 1.807) is 24.9 Å². The minimum Gasteiger partial charge on any atom is -0.472 e. The normalized spacial score (nSPS) is 11.0. The molecule has 0 aliphatic carbocycles. The number of hydrogen-bond acceptors (Lipinski definition) is 4. The van der Waals surface area contributed by atoms with Crippen LogP contribution in [0.15, 0.2) is 65.9 Å². The van der Waals surface area contributed by atoms with Crippen LogP contribution in [0.25, 0.3) is 28.2 Å². The summed E-state index contributed by atoms with van der Waals surface area (Å²) in [6, 6.07) is 9.64. The highest BCUT2D eigenvalue weighted by atomic mass is 16.3. The van der Waals surface area contributed by atoms with Gasteiger partial charge in [-0.15, -0.1) is 0 Å². The van der Waals surface area contributed by atoms with Gasteiger partial charge in [-0.25, -0.2) is 9.50 Å². The van der Waals surface area contributed by atoms with Crippen LogP contribution < -0.4 is 0 Å². The Kier molecular flexibility index (Phi) is 2.35. The van der Waals surface area contributed by atoms with Gasteiger partial charge in [0.05, 0.1) is 30.1 Å². The summed E-state index contributed by atoms with van der Waals surface area (Å²) < 4.78 is 6.94. The van der Waals surface area contributed by atoms with Gasteiger partial charge in [-0.05, 0) is 30.3 Å². The lowest BCUT2D eigenvalue weighted by Gasteiger charge is -2.02. The van der Waals surface area contributed by atoms with Crippen molar-refractivity contribution in [1.82, 2.24) is 19.6 Å². The third-order valence-corrected chi connectivity index (χ3v) is 3.16. The molecule has 0 aromatic carbocycles. The molecule has 0 unspecified atom stereocenters. The fraction of sp³-hybridized carbons (Fsp3) is 0. The Labute approximate surface area is 114 Å². The molecule has 96 valence electrons. The zero-order valence-electron chi connectivity index (χ0n) is 10.5. The average Bonchev–Trinajstić information content (AvgIpc) is 3.17. The van der Waals surface area contributed by atoms with E-state index in [2.05, 4.69) is 15.1 Å². The Morgan fingerprint density at radius 3 is 2.65 bits per heavy atom. The monoisotopic (exact) mass is 262 g/mol. The van der Waals surface area contributed by atoms with Crippen molar-refractivity contribution in [1.29, 1.82) is 0 Å². The molecule has 0 aliphatic rings. The van der Waals surface area contributed by atoms with Crippen molar-refractivity contribution in [2.24, 2.45) is 0 Å². The van der Waals surface area contributed by atoms with Crippen LogP contribution >= 0.6 is 0 Å². The van der Waals surface area contributed by atoms with E-state index in [-0.39, 0.29) is 0 Å². The quantitative estimate of drug-likeness (QED) is 0.557. The van der Waals surface area contributed by atoms with E-state index in [0.717, 1.165) is 28.2 Å². The van der Waals surface area contributed by atoms with Crippen molar-refractivity contribution in [3.8, 4) is 22.5 Å². The van der Waals surface area contributed by atoms with Crippen LogP contribution in [-0.4, -0.2) is 19.6 Å². The van der Waals surface area contributed by atoms with Crippen molar-refractivity contribution in [2.45, 2.75) is 0 Å². The van der Waals surface area contributed by atoms with Gasteiger partial charge in [0.25, 0.3) is 0 Å². The van der Waals surface area contributed by atoms with Gasteiger partial charge in [0.2, 0.25) is 0 Å². The molecule has 0 saturated heterocycles. The summed E-state index contributed by atoms with van der Waals surface area (Å²) >= 11 is 0. The number of imidazole rings is 1. The van der Waals surface area contributed by atoms with E-state index in [9.17, 15) is 0 Å². The predicted octanol–water partition coefficient (Wildman–Crippen LogP) is 3.05. The molecule has 0 radical (unpaired) electrons. The van der Waals surface area contributed by atoms with E-state index in [1.807, 2.05) is 41.0 Å². The Morgan fingerprint density at radius 1 is 0.950 bits per heavy atom. The summed E-state index contributed by atoms with van der Waals surface area (Å²) in [5.74, 6) is 0. The van der Waals surface area contributed by atoms with Gasteiger partial charge in [0.15, 0.2) is 5.65 Å². The predicted molar refractivity (Wildman–Crippen MR) is 73.9 cm³/mol. The molecule has 0 N–H and O–H groups in total. The van der Waals surface area contributed by atoms with Crippen LogP contribution in [0.3, 0.4) is 0 Å². The molecule has 4 heterocycles. The first-order valence-electron chi connectivity index (χ1n) is 6.19. The first-order chi connectivity index (χ1) is 9.92. The molecular formula is C15H10N4O. The molecule has 0 saturated carbocycles. The van der Waals surface area contributed by atoms with Crippen LogP contribution in [-0.2, 0) is 0 Å². The maximum Gasteiger partial charge on any atom is 0.154 e. The molecule has 0 bridgehead atoms. The van der Waals surface area contributed by atoms with Gasteiger partial charge < -0.3 is 4.42 Å². The summed E-state index contributed by atoms with van der Waals surface area (Å²) in [6.45, 7) is 0. The number of aromatic nitrogens is 4. The van der Waals surface area contributed by atoms with E-state index in [0.29, 0.717) is 0 Å². The molecule has 4 aromatic rings. The molecular weight excluding hydrogens is 252 g/mol. The molecule has 5 heteroatoms. The fourth-order valence-electron chi connectivity index (χ4n) is 2.16. The van der Waals surface area contributed by atoms with Crippen LogP contribution in [0.5, 0.6) is 0 Å². The van der Waals surface area contributed by atoms with Gasteiger partial charge in [-0.3, -0.25) is 4.98 Å². The van der Waals surface area contributed by atoms with E-state index >= 15 is 0 Å². The van der Waals surface area contributed by atoms with Crippen LogP contribution in [0.2, 0.25) is 0 Å². The Bertz CT molecular complexity index is 850. The Hall–Kier alpha value is -2.95. The minimum atomic E-state index is 0.809. The summed E-state index contributed by atoms with van der Waals surface area (Å²) in [6.07, 6.45) is 8.65. The molecule has 0 atom stereocenters. The molecule has 4 rings (SSSR count). The SMILES string of the molecule is c1cc(-c2cnc3ccc(-c4ccoc4)nn23)ccn1. The summed E-state index contributed by atoms with van der Waals surface area (Å²) in [4.78, 5) is 8.41. The second-order valence-electron chi connectivity index (χ2n) is 4.38. The minimum absolute atomic E-state index is 0.809. The highest BCUT2D eigenvalue weighted by Gasteiger charge is 2.09. The summed E-state index contributed by atoms with van der Waals surface area (Å²) in [5.41, 5.74) is 4.57. The van der Waals surface area contributed by atoms with Crippen LogP contribution in [0, 0.1) is 0 Å². The Balaban J connectivity index is 1.93. The number of hydrogen-bond donors (Lipinski definition) is 0. The van der Waals surface area contributed by atoms with Crippen molar-refractivity contribution >= 4 is 5.65 Å². The highest BCUT2D eigenvalue weighted by molar-refractivity contribution is 5.65. The van der Waals surface area contributed by atoms with Gasteiger partial charge in [-0.2, -0.15) is 5.10 Å². The zero-order valence-corrected chi connectivity index (χ0v) is 10.5. The third-order valence-electron chi connectivity index (χ3n) is 3.16. The lowest BCUT2D eigenvalue weighted by molar-refractivity contribution is 0.568. The topological polar surface area (TPSA) is 56.2 Å². The molecule has 0 amide bonds. The maximum absolute atomic E-state index is 5.10. The number of fused-ring (bicyclic) bond motifs is 1. The lowest BCUT2D eigenvalue weighted by atomic mass is 10.2. The summed E-state index contributed by atoms with van der Waals surface area (Å²) in [5, 5.41) is 4.63. The Morgan fingerprint density at radius 2 is 1.85 bits per heavy atom. The number of pyridine rings is 1. The van der Waals surface area contributed by atoms with Crippen molar-refractivity contribution < 1.29 is 4.42 Å². The van der Waals surface area contributed by atoms with Gasteiger partial charge in [0, 0.05) is 23.5 Å². The van der Waals surface area contributed by atoms with Crippen molar-refractivity contribution in [3.63, 3.8) is 0 Å². The molecule has 20 heavy (non-hydrogen) atoms. The van der Waals surface area contributed by atoms with Gasteiger partial charge in [-0.1, -0.05) is 0 Å². The van der Waals surface area contributed by atoms with Crippen LogP contribution in [0.1, 0.15) is 0 Å². The molecule has 4 aromatic heterocycles. The van der Waals surface area contributed by atoms with E-state index in [4.69, 9.17) is 4.42 Å². The molecule has 0 aliphatic heterocycles. The number of rotatable bonds is 2. The average molecular weight is 262 g/mol. The number of furan rings is 1. The molecule has 0 fully saturated rings. The third kappa shape index (κ3) is 1.68.